The third kappa shape index (κ3) is 4.71. The summed E-state index contributed by atoms with van der Waals surface area (Å²) in [7, 11) is 0. The van der Waals surface area contributed by atoms with Crippen LogP contribution in [0, 0.1) is 0 Å². The maximum atomic E-state index is 4.68. The Bertz CT molecular complexity index is 3280. The highest BCUT2D eigenvalue weighted by Gasteiger charge is 2.24. The minimum atomic E-state index is 0.960. The molecule has 0 aliphatic carbocycles. The van der Waals surface area contributed by atoms with E-state index in [9.17, 15) is 0 Å². The highest BCUT2D eigenvalue weighted by Crippen LogP contribution is 2.46. The summed E-state index contributed by atoms with van der Waals surface area (Å²) in [6, 6.07) is 72.4. The summed E-state index contributed by atoms with van der Waals surface area (Å²) < 4.78 is 7.40. The van der Waals surface area contributed by atoms with Crippen LogP contribution in [-0.2, 0) is 0 Å². The van der Waals surface area contributed by atoms with Crippen LogP contribution in [0.15, 0.2) is 206 Å². The maximum absolute atomic E-state index is 4.68. The fourth-order valence-electron chi connectivity index (χ4n) is 9.28. The summed E-state index contributed by atoms with van der Waals surface area (Å²) in [5.41, 5.74) is 15.0. The Hall–Kier alpha value is -7.69. The Labute approximate surface area is 328 Å². The first-order chi connectivity index (χ1) is 28.3. The predicted molar refractivity (Wildman–Crippen MR) is 238 cm³/mol. The molecule has 0 aliphatic rings. The molecule has 0 atom stereocenters. The molecule has 266 valence electrons. The van der Waals surface area contributed by atoms with Crippen LogP contribution in [-0.4, -0.2) is 18.7 Å². The van der Waals surface area contributed by atoms with Crippen LogP contribution in [0.2, 0.25) is 0 Å². The molecule has 4 nitrogen and oxygen atoms in total. The van der Waals surface area contributed by atoms with Crippen LogP contribution in [0.5, 0.6) is 0 Å². The largest absolute Gasteiger partial charge is 0.309 e. The number of benzene rings is 8. The van der Waals surface area contributed by atoms with Gasteiger partial charge in [-0.3, -0.25) is 4.98 Å². The van der Waals surface area contributed by atoms with E-state index in [2.05, 4.69) is 207 Å². The van der Waals surface area contributed by atoms with Gasteiger partial charge in [0.1, 0.15) is 0 Å². The van der Waals surface area contributed by atoms with Crippen molar-refractivity contribution in [3.63, 3.8) is 0 Å². The van der Waals surface area contributed by atoms with Crippen molar-refractivity contribution in [2.75, 3.05) is 0 Å². The van der Waals surface area contributed by atoms with Crippen LogP contribution in [0.25, 0.3) is 105 Å². The lowest BCUT2D eigenvalue weighted by Gasteiger charge is -2.12. The lowest BCUT2D eigenvalue weighted by Crippen LogP contribution is -1.96. The van der Waals surface area contributed by atoms with Crippen LogP contribution >= 0.6 is 0 Å². The van der Waals surface area contributed by atoms with Gasteiger partial charge in [-0.1, -0.05) is 127 Å². The van der Waals surface area contributed by atoms with Gasteiger partial charge in [0, 0.05) is 61.1 Å². The Morgan fingerprint density at radius 3 is 1.39 bits per heavy atom. The molecule has 12 aromatic rings. The van der Waals surface area contributed by atoms with E-state index in [1.807, 2.05) is 18.3 Å². The van der Waals surface area contributed by atoms with Gasteiger partial charge in [0.2, 0.25) is 0 Å². The molecule has 0 fully saturated rings. The first-order valence-electron chi connectivity index (χ1n) is 19.5. The Kier molecular flexibility index (Phi) is 6.89. The number of hydrogen-bond donors (Lipinski definition) is 0. The zero-order valence-corrected chi connectivity index (χ0v) is 30.9. The highest BCUT2D eigenvalue weighted by molar-refractivity contribution is 6.31. The van der Waals surface area contributed by atoms with Crippen LogP contribution in [0.3, 0.4) is 0 Å². The molecule has 0 N–H and O–H groups in total. The summed E-state index contributed by atoms with van der Waals surface area (Å²) in [6.07, 6.45) is 1.86. The topological polar surface area (TPSA) is 27.7 Å². The zero-order valence-electron chi connectivity index (χ0n) is 30.9. The SMILES string of the molecule is c1ccc(-c2cccc(-n3c4ccccc4c4c3ccc3c5ccc6c(c7ccccc7n6-c6cccc(-c7ccccn7)c6)c5n(-c5ccccc5)c34)c2)cc1. The Morgan fingerprint density at radius 2 is 0.789 bits per heavy atom. The van der Waals surface area contributed by atoms with E-state index < -0.39 is 0 Å². The number of hydrogen-bond acceptors (Lipinski definition) is 1. The van der Waals surface area contributed by atoms with Gasteiger partial charge in [-0.2, -0.15) is 0 Å². The minimum Gasteiger partial charge on any atom is -0.309 e. The van der Waals surface area contributed by atoms with Gasteiger partial charge in [-0.25, -0.2) is 0 Å². The first kappa shape index (κ1) is 31.6. The van der Waals surface area contributed by atoms with Gasteiger partial charge < -0.3 is 13.7 Å². The molecule has 57 heavy (non-hydrogen) atoms. The third-order valence-electron chi connectivity index (χ3n) is 11.7. The molecule has 0 amide bonds. The number of pyridine rings is 1. The van der Waals surface area contributed by atoms with Crippen LogP contribution < -0.4 is 0 Å². The fraction of sp³-hybridized carbons (Fsp3) is 0. The summed E-state index contributed by atoms with van der Waals surface area (Å²) in [4.78, 5) is 4.68. The van der Waals surface area contributed by atoms with Crippen molar-refractivity contribution in [3.05, 3.63) is 206 Å². The molecule has 12 rings (SSSR count). The maximum Gasteiger partial charge on any atom is 0.0702 e. The molecule has 0 radical (unpaired) electrons. The van der Waals surface area contributed by atoms with Gasteiger partial charge >= 0.3 is 0 Å². The molecule has 0 saturated carbocycles. The van der Waals surface area contributed by atoms with Crippen LogP contribution in [0.1, 0.15) is 0 Å². The summed E-state index contributed by atoms with van der Waals surface area (Å²) in [6.45, 7) is 0. The Morgan fingerprint density at radius 1 is 0.298 bits per heavy atom. The zero-order chi connectivity index (χ0) is 37.5. The first-order valence-corrected chi connectivity index (χ1v) is 19.5. The molecule has 0 spiro atoms. The molecule has 4 heteroatoms. The normalized spacial score (nSPS) is 11.9. The lowest BCUT2D eigenvalue weighted by molar-refractivity contribution is 1.17. The van der Waals surface area contributed by atoms with Crippen molar-refractivity contribution in [3.8, 4) is 39.4 Å². The molecule has 4 aromatic heterocycles. The number of aromatic nitrogens is 4. The van der Waals surface area contributed by atoms with Crippen molar-refractivity contribution in [1.82, 2.24) is 18.7 Å². The van der Waals surface area contributed by atoms with Crippen molar-refractivity contribution in [2.45, 2.75) is 0 Å². The van der Waals surface area contributed by atoms with Gasteiger partial charge in [-0.15, -0.1) is 0 Å². The summed E-state index contributed by atoms with van der Waals surface area (Å²) in [5.74, 6) is 0. The van der Waals surface area contributed by atoms with E-state index in [-0.39, 0.29) is 0 Å². The average Bonchev–Trinajstić information content (AvgIpc) is 3.93. The third-order valence-corrected chi connectivity index (χ3v) is 11.7. The smallest absolute Gasteiger partial charge is 0.0702 e. The summed E-state index contributed by atoms with van der Waals surface area (Å²) >= 11 is 0. The van der Waals surface area contributed by atoms with Crippen molar-refractivity contribution >= 4 is 65.4 Å². The van der Waals surface area contributed by atoms with E-state index in [0.29, 0.717) is 0 Å². The molecular weight excluding hydrogens is 693 g/mol. The van der Waals surface area contributed by atoms with Gasteiger partial charge in [0.15, 0.2) is 0 Å². The quantitative estimate of drug-likeness (QED) is 0.174. The van der Waals surface area contributed by atoms with E-state index in [4.69, 9.17) is 0 Å². The monoisotopic (exact) mass is 726 g/mol. The number of nitrogens with zero attached hydrogens (tertiary/aromatic N) is 4. The number of para-hydroxylation sites is 3. The van der Waals surface area contributed by atoms with Crippen molar-refractivity contribution in [2.24, 2.45) is 0 Å². The van der Waals surface area contributed by atoms with E-state index in [1.54, 1.807) is 0 Å². The van der Waals surface area contributed by atoms with Crippen LogP contribution in [0.4, 0.5) is 0 Å². The molecule has 0 aliphatic heterocycles. The number of rotatable bonds is 5. The molecule has 8 aromatic carbocycles. The fourth-order valence-corrected chi connectivity index (χ4v) is 9.28. The standard InChI is InChI=1S/C53H34N4/c1-3-15-35(16-4-1)36-17-13-21-39(33-36)55-46-26-9-7-23-43(46)50-48(55)30-28-41-42-29-31-49-51(53(42)57(52(41)50)38-19-5-2-6-20-38)44-24-8-10-27-47(44)56(49)40-22-14-18-37(34-40)45-25-11-12-32-54-45/h1-34H. The molecular formula is C53H34N4. The second kappa shape index (κ2) is 12.4. The average molecular weight is 727 g/mol. The predicted octanol–water partition coefficient (Wildman–Crippen LogP) is 13.7. The number of fused-ring (bicyclic) bond motifs is 11. The summed E-state index contributed by atoms with van der Waals surface area (Å²) in [5, 5.41) is 7.40. The second-order valence-electron chi connectivity index (χ2n) is 14.8. The van der Waals surface area contributed by atoms with Crippen molar-refractivity contribution in [1.29, 1.82) is 0 Å². The van der Waals surface area contributed by atoms with E-state index in [0.717, 1.165) is 28.3 Å². The molecule has 0 unspecified atom stereocenters. The Balaban J connectivity index is 1.22. The van der Waals surface area contributed by atoms with Gasteiger partial charge in [-0.05, 0) is 83.9 Å². The highest BCUT2D eigenvalue weighted by atomic mass is 15.0. The van der Waals surface area contributed by atoms with E-state index in [1.165, 1.54) is 76.5 Å². The van der Waals surface area contributed by atoms with E-state index >= 15 is 0 Å². The molecule has 4 heterocycles. The minimum absolute atomic E-state index is 0.960. The molecule has 0 saturated heterocycles. The van der Waals surface area contributed by atoms with Gasteiger partial charge in [0.25, 0.3) is 0 Å². The second-order valence-corrected chi connectivity index (χ2v) is 14.8. The lowest BCUT2D eigenvalue weighted by atomic mass is 10.1. The molecule has 0 bridgehead atoms. The van der Waals surface area contributed by atoms with Gasteiger partial charge in [0.05, 0.1) is 38.8 Å². The van der Waals surface area contributed by atoms with Crippen molar-refractivity contribution < 1.29 is 0 Å².